The lowest BCUT2D eigenvalue weighted by molar-refractivity contribution is 0.206. The molecule has 1 aromatic rings. The van der Waals surface area contributed by atoms with Crippen molar-refractivity contribution in [2.24, 2.45) is 11.8 Å². The van der Waals surface area contributed by atoms with E-state index < -0.39 is 0 Å². The van der Waals surface area contributed by atoms with Crippen LogP contribution >= 0.6 is 0 Å². The molecule has 2 bridgehead atoms. The summed E-state index contributed by atoms with van der Waals surface area (Å²) >= 11 is 0. The monoisotopic (exact) mass is 244 g/mol. The predicted octanol–water partition coefficient (Wildman–Crippen LogP) is 3.34. The summed E-state index contributed by atoms with van der Waals surface area (Å²) in [6.07, 6.45) is 5.22. The number of fused-ring (bicyclic) bond motifs is 4. The number of para-hydroxylation sites is 1. The van der Waals surface area contributed by atoms with Crippen LogP contribution in [-0.2, 0) is 0 Å². The molecule has 2 heterocycles. The fraction of sp³-hybridized carbons (Fsp3) is 0.533. The van der Waals surface area contributed by atoms with Gasteiger partial charge in [-0.2, -0.15) is 0 Å². The normalized spacial score (nSPS) is 26.8. The van der Waals surface area contributed by atoms with Crippen LogP contribution in [0.1, 0.15) is 25.7 Å². The number of carbonyl (C=O) groups excluding carboxylic acids is 1. The average molecular weight is 244 g/mol. The van der Waals surface area contributed by atoms with Crippen molar-refractivity contribution in [1.29, 1.82) is 0 Å². The van der Waals surface area contributed by atoms with Crippen LogP contribution in [0.5, 0.6) is 0 Å². The van der Waals surface area contributed by atoms with Gasteiger partial charge in [-0.25, -0.2) is 4.79 Å². The van der Waals surface area contributed by atoms with Crippen molar-refractivity contribution in [2.75, 3.05) is 18.4 Å². The van der Waals surface area contributed by atoms with E-state index in [2.05, 4.69) is 5.32 Å². The van der Waals surface area contributed by atoms with Crippen molar-refractivity contribution < 1.29 is 4.79 Å². The molecule has 0 aromatic heterocycles. The zero-order valence-electron chi connectivity index (χ0n) is 10.6. The first kappa shape index (κ1) is 11.6. The van der Waals surface area contributed by atoms with Gasteiger partial charge >= 0.3 is 6.03 Å². The van der Waals surface area contributed by atoms with Crippen molar-refractivity contribution in [2.45, 2.75) is 25.7 Å². The lowest BCUT2D eigenvalue weighted by atomic mass is 9.84. The van der Waals surface area contributed by atoms with E-state index in [9.17, 15) is 4.79 Å². The van der Waals surface area contributed by atoms with Crippen LogP contribution in [-0.4, -0.2) is 24.0 Å². The summed E-state index contributed by atoms with van der Waals surface area (Å²) in [6.45, 7) is 1.88. The Hall–Kier alpha value is -1.51. The number of hydrogen-bond acceptors (Lipinski definition) is 1. The van der Waals surface area contributed by atoms with E-state index in [1.807, 2.05) is 35.2 Å². The van der Waals surface area contributed by atoms with E-state index in [4.69, 9.17) is 0 Å². The summed E-state index contributed by atoms with van der Waals surface area (Å²) < 4.78 is 0. The number of benzene rings is 1. The lowest BCUT2D eigenvalue weighted by Gasteiger charge is -2.23. The molecule has 3 heteroatoms. The highest BCUT2D eigenvalue weighted by Gasteiger charge is 2.31. The highest BCUT2D eigenvalue weighted by atomic mass is 16.2. The van der Waals surface area contributed by atoms with Crippen LogP contribution in [0.2, 0.25) is 0 Å². The van der Waals surface area contributed by atoms with E-state index in [1.54, 1.807) is 0 Å². The van der Waals surface area contributed by atoms with Crippen LogP contribution in [0.3, 0.4) is 0 Å². The second kappa shape index (κ2) is 5.01. The van der Waals surface area contributed by atoms with Crippen molar-refractivity contribution in [3.63, 3.8) is 0 Å². The van der Waals surface area contributed by atoms with Crippen molar-refractivity contribution >= 4 is 11.7 Å². The number of nitrogens with zero attached hydrogens (tertiary/aromatic N) is 1. The van der Waals surface area contributed by atoms with Gasteiger partial charge in [-0.3, -0.25) is 0 Å². The van der Waals surface area contributed by atoms with Gasteiger partial charge in [-0.15, -0.1) is 0 Å². The highest BCUT2D eigenvalue weighted by Crippen LogP contribution is 2.33. The SMILES string of the molecule is O=C(Nc1ccccc1)N1CC2CCC(CC2)C1. The molecule has 18 heavy (non-hydrogen) atoms. The third kappa shape index (κ3) is 2.50. The summed E-state index contributed by atoms with van der Waals surface area (Å²) in [5, 5.41) is 3.00. The Morgan fingerprint density at radius 2 is 1.56 bits per heavy atom. The molecule has 1 aliphatic carbocycles. The topological polar surface area (TPSA) is 32.3 Å². The van der Waals surface area contributed by atoms with Gasteiger partial charge in [0, 0.05) is 18.8 Å². The van der Waals surface area contributed by atoms with Gasteiger partial charge < -0.3 is 10.2 Å². The molecule has 1 N–H and O–H groups in total. The quantitative estimate of drug-likeness (QED) is 0.807. The van der Waals surface area contributed by atoms with Crippen LogP contribution in [0.25, 0.3) is 0 Å². The molecule has 1 aromatic carbocycles. The lowest BCUT2D eigenvalue weighted by Crippen LogP contribution is -2.38. The van der Waals surface area contributed by atoms with Crippen molar-refractivity contribution in [3.05, 3.63) is 30.3 Å². The number of amides is 2. The number of urea groups is 1. The zero-order valence-corrected chi connectivity index (χ0v) is 10.6. The molecular formula is C15H20N2O. The molecule has 4 rings (SSSR count). The van der Waals surface area contributed by atoms with E-state index >= 15 is 0 Å². The van der Waals surface area contributed by atoms with E-state index in [0.29, 0.717) is 0 Å². The molecule has 2 amide bonds. The van der Waals surface area contributed by atoms with Gasteiger partial charge in [-0.1, -0.05) is 18.2 Å². The van der Waals surface area contributed by atoms with E-state index in [1.165, 1.54) is 25.7 Å². The Morgan fingerprint density at radius 3 is 2.11 bits per heavy atom. The standard InChI is InChI=1S/C15H20N2O/c18-15(16-14-4-2-1-3-5-14)17-10-12-6-7-13(11-17)9-8-12/h1-5,12-13H,6-11H2,(H,16,18). The van der Waals surface area contributed by atoms with Crippen molar-refractivity contribution in [3.8, 4) is 0 Å². The minimum absolute atomic E-state index is 0.0694. The van der Waals surface area contributed by atoms with Crippen molar-refractivity contribution in [1.82, 2.24) is 4.90 Å². The molecular weight excluding hydrogens is 224 g/mol. The summed E-state index contributed by atoms with van der Waals surface area (Å²) in [4.78, 5) is 14.3. The number of hydrogen-bond donors (Lipinski definition) is 1. The first-order valence-corrected chi connectivity index (χ1v) is 6.92. The highest BCUT2D eigenvalue weighted by molar-refractivity contribution is 5.89. The summed E-state index contributed by atoms with van der Waals surface area (Å²) in [5.41, 5.74) is 0.888. The van der Waals surface area contributed by atoms with E-state index in [0.717, 1.165) is 30.6 Å². The van der Waals surface area contributed by atoms with Gasteiger partial charge in [-0.05, 0) is 49.7 Å². The Kier molecular flexibility index (Phi) is 3.22. The second-order valence-corrected chi connectivity index (χ2v) is 5.59. The van der Waals surface area contributed by atoms with Gasteiger partial charge in [0.05, 0.1) is 0 Å². The molecule has 3 nitrogen and oxygen atoms in total. The first-order valence-electron chi connectivity index (χ1n) is 6.92. The van der Waals surface area contributed by atoms with Crippen LogP contribution in [0.15, 0.2) is 30.3 Å². The number of rotatable bonds is 1. The molecule has 0 unspecified atom stereocenters. The fourth-order valence-corrected chi connectivity index (χ4v) is 3.18. The molecule has 0 radical (unpaired) electrons. The summed E-state index contributed by atoms with van der Waals surface area (Å²) in [6, 6.07) is 9.79. The maximum atomic E-state index is 12.3. The minimum atomic E-state index is 0.0694. The Bertz CT molecular complexity index is 396. The molecule has 96 valence electrons. The van der Waals surface area contributed by atoms with Crippen LogP contribution < -0.4 is 5.32 Å². The Labute approximate surface area is 108 Å². The average Bonchev–Trinajstić information content (AvgIpc) is 2.73. The summed E-state index contributed by atoms with van der Waals surface area (Å²) in [7, 11) is 0. The maximum Gasteiger partial charge on any atom is 0.321 e. The zero-order chi connectivity index (χ0) is 12.4. The first-order chi connectivity index (χ1) is 8.81. The number of carbonyl (C=O) groups is 1. The third-order valence-corrected chi connectivity index (χ3v) is 4.24. The largest absolute Gasteiger partial charge is 0.324 e. The van der Waals surface area contributed by atoms with E-state index in [-0.39, 0.29) is 6.03 Å². The van der Waals surface area contributed by atoms with Gasteiger partial charge in [0.1, 0.15) is 0 Å². The minimum Gasteiger partial charge on any atom is -0.324 e. The van der Waals surface area contributed by atoms with Gasteiger partial charge in [0.25, 0.3) is 0 Å². The number of nitrogens with one attached hydrogen (secondary N) is 1. The molecule has 3 fully saturated rings. The fourth-order valence-electron chi connectivity index (χ4n) is 3.18. The Balaban J connectivity index is 1.66. The van der Waals surface area contributed by atoms with Gasteiger partial charge in [0.2, 0.25) is 0 Å². The molecule has 2 saturated heterocycles. The smallest absolute Gasteiger partial charge is 0.321 e. The predicted molar refractivity (Wildman–Crippen MR) is 72.5 cm³/mol. The molecule has 1 saturated carbocycles. The maximum absolute atomic E-state index is 12.3. The van der Waals surface area contributed by atoms with Gasteiger partial charge in [0.15, 0.2) is 0 Å². The van der Waals surface area contributed by atoms with Crippen LogP contribution in [0.4, 0.5) is 10.5 Å². The molecule has 0 spiro atoms. The second-order valence-electron chi connectivity index (χ2n) is 5.59. The molecule has 0 atom stereocenters. The van der Waals surface area contributed by atoms with Crippen LogP contribution in [0, 0.1) is 11.8 Å². The Morgan fingerprint density at radius 1 is 1.00 bits per heavy atom. The number of anilines is 1. The molecule has 2 aliphatic heterocycles. The third-order valence-electron chi connectivity index (χ3n) is 4.24. The summed E-state index contributed by atoms with van der Waals surface area (Å²) in [5.74, 6) is 1.45. The molecule has 3 aliphatic rings.